The molecule has 6 heteroatoms. The highest BCUT2D eigenvalue weighted by atomic mass is 16.5. The van der Waals surface area contributed by atoms with Crippen molar-refractivity contribution < 1.29 is 14.6 Å². The van der Waals surface area contributed by atoms with E-state index in [1.165, 1.54) is 13.3 Å². The molecule has 1 aromatic heterocycles. The first-order chi connectivity index (χ1) is 7.02. The molecule has 1 N–H and O–H groups in total. The summed E-state index contributed by atoms with van der Waals surface area (Å²) in [4.78, 5) is 14.5. The third kappa shape index (κ3) is 3.02. The second-order valence-electron chi connectivity index (χ2n) is 3.51. The predicted octanol–water partition coefficient (Wildman–Crippen LogP) is 0.849. The molecule has 0 aromatic carbocycles. The fourth-order valence-corrected chi connectivity index (χ4v) is 1.08. The van der Waals surface area contributed by atoms with Crippen LogP contribution in [0.15, 0.2) is 6.33 Å². The predicted molar refractivity (Wildman–Crippen MR) is 52.3 cm³/mol. The van der Waals surface area contributed by atoms with Crippen molar-refractivity contribution in [3.63, 3.8) is 0 Å². The molecular weight excluding hydrogens is 198 g/mol. The van der Waals surface area contributed by atoms with Crippen molar-refractivity contribution in [3.05, 3.63) is 12.2 Å². The van der Waals surface area contributed by atoms with E-state index in [1.807, 2.05) is 13.8 Å². The Morgan fingerprint density at radius 3 is 2.80 bits per heavy atom. The molecule has 1 rings (SSSR count). The summed E-state index contributed by atoms with van der Waals surface area (Å²) in [6.45, 7) is 5.58. The number of aliphatic carboxylic acids is 1. The average molecular weight is 213 g/mol. The highest BCUT2D eigenvalue weighted by molar-refractivity contribution is 5.71. The lowest BCUT2D eigenvalue weighted by molar-refractivity contribution is -0.150. The molecule has 15 heavy (non-hydrogen) atoms. The van der Waals surface area contributed by atoms with Gasteiger partial charge < -0.3 is 9.84 Å². The summed E-state index contributed by atoms with van der Waals surface area (Å²) in [5.74, 6) is -0.344. The van der Waals surface area contributed by atoms with Crippen LogP contribution in [-0.4, -0.2) is 31.9 Å². The molecule has 6 nitrogen and oxygen atoms in total. The van der Waals surface area contributed by atoms with Crippen molar-refractivity contribution >= 4 is 5.97 Å². The average Bonchev–Trinajstić information content (AvgIpc) is 2.61. The number of nitrogens with zero attached hydrogens (tertiary/aromatic N) is 3. The molecule has 0 saturated heterocycles. The van der Waals surface area contributed by atoms with Crippen LogP contribution < -0.4 is 0 Å². The van der Waals surface area contributed by atoms with Crippen LogP contribution in [0.5, 0.6) is 0 Å². The molecule has 0 aliphatic heterocycles. The van der Waals surface area contributed by atoms with Gasteiger partial charge in [-0.15, -0.1) is 0 Å². The molecule has 1 heterocycles. The molecule has 84 valence electrons. The zero-order valence-corrected chi connectivity index (χ0v) is 9.04. The molecule has 0 bridgehead atoms. The van der Waals surface area contributed by atoms with Gasteiger partial charge in [0.15, 0.2) is 11.9 Å². The first-order valence-corrected chi connectivity index (χ1v) is 4.75. The Labute approximate surface area is 87.9 Å². The van der Waals surface area contributed by atoms with Crippen LogP contribution in [0, 0.1) is 0 Å². The van der Waals surface area contributed by atoms with Crippen LogP contribution in [0.3, 0.4) is 0 Å². The van der Waals surface area contributed by atoms with Gasteiger partial charge >= 0.3 is 5.97 Å². The van der Waals surface area contributed by atoms with E-state index in [1.54, 1.807) is 4.68 Å². The van der Waals surface area contributed by atoms with Gasteiger partial charge in [-0.05, 0) is 20.8 Å². The Kier molecular flexibility index (Phi) is 3.79. The first-order valence-electron chi connectivity index (χ1n) is 4.75. The summed E-state index contributed by atoms with van der Waals surface area (Å²) in [6, 6.07) is 0.186. The van der Waals surface area contributed by atoms with Gasteiger partial charge in [-0.1, -0.05) is 0 Å². The molecule has 0 spiro atoms. The van der Waals surface area contributed by atoms with Gasteiger partial charge in [-0.3, -0.25) is 0 Å². The third-order valence-corrected chi connectivity index (χ3v) is 1.95. The van der Waals surface area contributed by atoms with Crippen LogP contribution in [0.2, 0.25) is 0 Å². The lowest BCUT2D eigenvalue weighted by Crippen LogP contribution is -2.21. The van der Waals surface area contributed by atoms with E-state index in [-0.39, 0.29) is 12.6 Å². The van der Waals surface area contributed by atoms with Crippen LogP contribution in [-0.2, 0) is 16.1 Å². The van der Waals surface area contributed by atoms with E-state index in [4.69, 9.17) is 9.84 Å². The highest BCUT2D eigenvalue weighted by Crippen LogP contribution is 2.07. The second-order valence-corrected chi connectivity index (χ2v) is 3.51. The van der Waals surface area contributed by atoms with Crippen LogP contribution in [0.4, 0.5) is 0 Å². The normalized spacial score (nSPS) is 13.1. The summed E-state index contributed by atoms with van der Waals surface area (Å²) < 4.78 is 6.82. The Morgan fingerprint density at radius 2 is 2.27 bits per heavy atom. The highest BCUT2D eigenvalue weighted by Gasteiger charge is 2.14. The minimum Gasteiger partial charge on any atom is -0.479 e. The van der Waals surface area contributed by atoms with Crippen molar-refractivity contribution in [2.45, 2.75) is 39.5 Å². The van der Waals surface area contributed by atoms with Crippen LogP contribution >= 0.6 is 0 Å². The van der Waals surface area contributed by atoms with Crippen molar-refractivity contribution in [3.8, 4) is 0 Å². The third-order valence-electron chi connectivity index (χ3n) is 1.95. The van der Waals surface area contributed by atoms with Gasteiger partial charge in [-0.2, -0.15) is 5.10 Å². The van der Waals surface area contributed by atoms with Gasteiger partial charge in [0.05, 0.1) is 0 Å². The van der Waals surface area contributed by atoms with E-state index in [9.17, 15) is 4.79 Å². The maximum Gasteiger partial charge on any atom is 0.332 e. The number of aromatic nitrogens is 3. The minimum absolute atomic E-state index is 0.158. The molecule has 0 unspecified atom stereocenters. The molecule has 0 radical (unpaired) electrons. The number of hydrogen-bond acceptors (Lipinski definition) is 4. The molecule has 1 aromatic rings. The molecule has 0 amide bonds. The number of carbonyl (C=O) groups is 1. The number of carboxylic acids is 1. The zero-order chi connectivity index (χ0) is 11.4. The summed E-state index contributed by atoms with van der Waals surface area (Å²) >= 11 is 0. The van der Waals surface area contributed by atoms with E-state index >= 15 is 0 Å². The van der Waals surface area contributed by atoms with E-state index in [2.05, 4.69) is 10.1 Å². The molecule has 0 aliphatic carbocycles. The number of carboxylic acid groups (broad SMARTS) is 1. The van der Waals surface area contributed by atoms with E-state index in [0.717, 1.165) is 0 Å². The van der Waals surface area contributed by atoms with Gasteiger partial charge in [0, 0.05) is 6.04 Å². The Balaban J connectivity index is 2.57. The molecule has 1 atom stereocenters. The monoisotopic (exact) mass is 213 g/mol. The van der Waals surface area contributed by atoms with Crippen LogP contribution in [0.25, 0.3) is 0 Å². The van der Waals surface area contributed by atoms with Crippen molar-refractivity contribution in [1.82, 2.24) is 14.8 Å². The number of ether oxygens (including phenoxy) is 1. The maximum atomic E-state index is 10.5. The van der Waals surface area contributed by atoms with Crippen molar-refractivity contribution in [1.29, 1.82) is 0 Å². The van der Waals surface area contributed by atoms with E-state index in [0.29, 0.717) is 5.82 Å². The SMILES string of the molecule is CC(C)n1ncnc1CO[C@H](C)C(=O)O. The largest absolute Gasteiger partial charge is 0.479 e. The van der Waals surface area contributed by atoms with Crippen LogP contribution in [0.1, 0.15) is 32.6 Å². The maximum absolute atomic E-state index is 10.5. The van der Waals surface area contributed by atoms with Gasteiger partial charge in [0.2, 0.25) is 0 Å². The van der Waals surface area contributed by atoms with Crippen molar-refractivity contribution in [2.75, 3.05) is 0 Å². The Morgan fingerprint density at radius 1 is 1.60 bits per heavy atom. The minimum atomic E-state index is -0.981. The number of rotatable bonds is 5. The lowest BCUT2D eigenvalue weighted by atomic mass is 10.4. The summed E-state index contributed by atoms with van der Waals surface area (Å²) in [6.07, 6.45) is 0.603. The lowest BCUT2D eigenvalue weighted by Gasteiger charge is -2.11. The molecule has 0 saturated carbocycles. The number of hydrogen-bond donors (Lipinski definition) is 1. The molecule has 0 aliphatic rings. The fraction of sp³-hybridized carbons (Fsp3) is 0.667. The molecular formula is C9H15N3O3. The summed E-state index contributed by atoms with van der Waals surface area (Å²) in [7, 11) is 0. The van der Waals surface area contributed by atoms with Gasteiger partial charge in [0.25, 0.3) is 0 Å². The van der Waals surface area contributed by atoms with Gasteiger partial charge in [-0.25, -0.2) is 14.5 Å². The smallest absolute Gasteiger partial charge is 0.332 e. The molecule has 0 fully saturated rings. The topological polar surface area (TPSA) is 77.2 Å². The standard InChI is InChI=1S/C9H15N3O3/c1-6(2)12-8(10-5-11-12)4-15-7(3)9(13)14/h5-7H,4H2,1-3H3,(H,13,14)/t7-/m1/s1. The first kappa shape index (κ1) is 11.6. The quantitative estimate of drug-likeness (QED) is 0.784. The fourth-order valence-electron chi connectivity index (χ4n) is 1.08. The van der Waals surface area contributed by atoms with E-state index < -0.39 is 12.1 Å². The zero-order valence-electron chi connectivity index (χ0n) is 9.04. The van der Waals surface area contributed by atoms with Gasteiger partial charge in [0.1, 0.15) is 12.9 Å². The Bertz CT molecular complexity index is 335. The summed E-state index contributed by atoms with van der Waals surface area (Å²) in [5, 5.41) is 12.6. The Hall–Kier alpha value is -1.43. The summed E-state index contributed by atoms with van der Waals surface area (Å²) in [5.41, 5.74) is 0. The second kappa shape index (κ2) is 4.88. The van der Waals surface area contributed by atoms with Crippen molar-refractivity contribution in [2.24, 2.45) is 0 Å².